The first-order valence-corrected chi connectivity index (χ1v) is 11.4. The van der Waals surface area contributed by atoms with E-state index in [1.807, 2.05) is 37.4 Å². The number of hydrogen-bond donors (Lipinski definition) is 4. The zero-order chi connectivity index (χ0) is 19.2. The Morgan fingerprint density at radius 2 is 2.22 bits per heavy atom. The lowest BCUT2D eigenvalue weighted by Gasteiger charge is -2.43. The number of carbonyl (C=O) groups is 1. The highest BCUT2D eigenvalue weighted by Gasteiger charge is 2.32. The number of nitrogens with one attached hydrogen (secondary N) is 1. The van der Waals surface area contributed by atoms with Crippen molar-refractivity contribution >= 4 is 33.4 Å². The largest absolute Gasteiger partial charge is 0.345 e. The Bertz CT molecular complexity index is 998. The van der Waals surface area contributed by atoms with Crippen molar-refractivity contribution in [1.82, 2.24) is 14.9 Å². The van der Waals surface area contributed by atoms with E-state index < -0.39 is 16.6 Å². The van der Waals surface area contributed by atoms with Gasteiger partial charge in [-0.15, -0.1) is 11.3 Å². The molecule has 0 spiro atoms. The number of amides is 1. The second-order valence-electron chi connectivity index (χ2n) is 6.87. The molecule has 9 heteroatoms. The lowest BCUT2D eigenvalue weighted by atomic mass is 10.1. The molecule has 0 saturated carbocycles. The molecule has 0 radical (unpaired) electrons. The Balaban J connectivity index is 1.58. The Kier molecular flexibility index (Phi) is 4.73. The molecule has 7 nitrogen and oxygen atoms in total. The highest BCUT2D eigenvalue weighted by atomic mass is 32.3. The van der Waals surface area contributed by atoms with Gasteiger partial charge in [-0.3, -0.25) is 13.9 Å². The number of hydrogen-bond acceptors (Lipinski definition) is 6. The number of aryl methyl sites for hydroxylation is 1. The van der Waals surface area contributed by atoms with Crippen molar-refractivity contribution in [2.45, 2.75) is 25.4 Å². The standard InChI is InChI=1S/C18H22N4O3S2/c1-11-12(13-9-20-22-6-3-2-4-16(13)22)8-17(26-11)18(23)21-15-10-27(24,25)7-5-14(15)19/h2-4,6,8-9,14-15,24-25H,5,7,10,19H2,1H3,(H,21,23). The van der Waals surface area contributed by atoms with Crippen molar-refractivity contribution in [3.05, 3.63) is 46.4 Å². The van der Waals surface area contributed by atoms with E-state index in [0.29, 0.717) is 17.1 Å². The SMILES string of the molecule is Cc1sc(C(=O)NC2CS(O)(O)CCC2N)cc1-c1cnn2ccccc12. The summed E-state index contributed by atoms with van der Waals surface area (Å²) in [6.07, 6.45) is 4.18. The van der Waals surface area contributed by atoms with Gasteiger partial charge < -0.3 is 11.1 Å². The van der Waals surface area contributed by atoms with Crippen LogP contribution in [0.5, 0.6) is 0 Å². The van der Waals surface area contributed by atoms with Crippen molar-refractivity contribution in [2.24, 2.45) is 5.73 Å². The van der Waals surface area contributed by atoms with Crippen LogP contribution in [-0.4, -0.2) is 48.2 Å². The van der Waals surface area contributed by atoms with Gasteiger partial charge in [0.05, 0.1) is 28.4 Å². The monoisotopic (exact) mass is 406 g/mol. The number of carbonyl (C=O) groups excluding carboxylic acids is 1. The molecule has 1 aliphatic rings. The van der Waals surface area contributed by atoms with Gasteiger partial charge in [0.25, 0.3) is 5.91 Å². The molecule has 3 aromatic rings. The summed E-state index contributed by atoms with van der Waals surface area (Å²) in [5.41, 5.74) is 9.00. The summed E-state index contributed by atoms with van der Waals surface area (Å²) in [6.45, 7) is 1.98. The molecule has 4 rings (SSSR count). The summed E-state index contributed by atoms with van der Waals surface area (Å²) in [4.78, 5) is 14.3. The summed E-state index contributed by atoms with van der Waals surface area (Å²) >= 11 is 1.41. The van der Waals surface area contributed by atoms with Gasteiger partial charge in [0, 0.05) is 28.4 Å². The van der Waals surface area contributed by atoms with E-state index in [9.17, 15) is 13.9 Å². The zero-order valence-electron chi connectivity index (χ0n) is 14.8. The summed E-state index contributed by atoms with van der Waals surface area (Å²) in [7, 11) is -2.66. The molecule has 144 valence electrons. The highest BCUT2D eigenvalue weighted by molar-refractivity contribution is 8.24. The normalized spacial score (nSPS) is 23.3. The fourth-order valence-corrected chi connectivity index (χ4v) is 6.07. The second-order valence-corrected chi connectivity index (χ2v) is 10.5. The van der Waals surface area contributed by atoms with Gasteiger partial charge in [-0.05, 0) is 37.1 Å². The number of aromatic nitrogens is 2. The molecule has 27 heavy (non-hydrogen) atoms. The van der Waals surface area contributed by atoms with E-state index in [2.05, 4.69) is 10.4 Å². The molecule has 1 amide bonds. The third-order valence-corrected chi connectivity index (χ3v) is 7.75. The molecule has 2 atom stereocenters. The molecule has 1 fully saturated rings. The van der Waals surface area contributed by atoms with Crippen LogP contribution in [0.25, 0.3) is 16.6 Å². The van der Waals surface area contributed by atoms with Gasteiger partial charge in [0.1, 0.15) is 0 Å². The maximum absolute atomic E-state index is 12.7. The molecule has 0 aromatic carbocycles. The van der Waals surface area contributed by atoms with Gasteiger partial charge in [0.15, 0.2) is 0 Å². The van der Waals surface area contributed by atoms with Crippen LogP contribution in [0, 0.1) is 6.92 Å². The van der Waals surface area contributed by atoms with Crippen LogP contribution in [0.3, 0.4) is 0 Å². The second kappa shape index (κ2) is 6.92. The van der Waals surface area contributed by atoms with Crippen molar-refractivity contribution < 1.29 is 13.9 Å². The molecular formula is C18H22N4O3S2. The van der Waals surface area contributed by atoms with Crippen molar-refractivity contribution in [1.29, 1.82) is 0 Å². The third kappa shape index (κ3) is 3.61. The van der Waals surface area contributed by atoms with Crippen LogP contribution < -0.4 is 11.1 Å². The van der Waals surface area contributed by atoms with Crippen LogP contribution >= 0.6 is 21.9 Å². The zero-order valence-corrected chi connectivity index (χ0v) is 16.5. The summed E-state index contributed by atoms with van der Waals surface area (Å²) in [6, 6.07) is 7.03. The van der Waals surface area contributed by atoms with Gasteiger partial charge in [-0.2, -0.15) is 15.7 Å². The number of fused-ring (bicyclic) bond motifs is 1. The van der Waals surface area contributed by atoms with Crippen molar-refractivity contribution in [2.75, 3.05) is 11.5 Å². The molecular weight excluding hydrogens is 384 g/mol. The highest BCUT2D eigenvalue weighted by Crippen LogP contribution is 2.43. The average Bonchev–Trinajstić information content (AvgIpc) is 3.21. The van der Waals surface area contributed by atoms with E-state index in [1.165, 1.54) is 11.3 Å². The van der Waals surface area contributed by atoms with Gasteiger partial charge in [0.2, 0.25) is 0 Å². The molecule has 4 heterocycles. The Labute approximate surface area is 162 Å². The van der Waals surface area contributed by atoms with Crippen molar-refractivity contribution in [3.63, 3.8) is 0 Å². The number of nitrogens with zero attached hydrogens (tertiary/aromatic N) is 2. The Morgan fingerprint density at radius 3 is 3.04 bits per heavy atom. The molecule has 0 aliphatic carbocycles. The fourth-order valence-electron chi connectivity index (χ4n) is 3.41. The number of nitrogens with two attached hydrogens (primary N) is 1. The van der Waals surface area contributed by atoms with Crippen LogP contribution in [-0.2, 0) is 0 Å². The van der Waals surface area contributed by atoms with Crippen molar-refractivity contribution in [3.8, 4) is 11.1 Å². The molecule has 1 aliphatic heterocycles. The average molecular weight is 407 g/mol. The molecule has 3 aromatic heterocycles. The maximum atomic E-state index is 12.7. The molecule has 2 unspecified atom stereocenters. The van der Waals surface area contributed by atoms with E-state index in [-0.39, 0.29) is 17.7 Å². The molecule has 5 N–H and O–H groups in total. The molecule has 1 saturated heterocycles. The number of thiophene rings is 1. The van der Waals surface area contributed by atoms with E-state index in [0.717, 1.165) is 21.5 Å². The first kappa shape index (κ1) is 18.5. The maximum Gasteiger partial charge on any atom is 0.261 e. The summed E-state index contributed by atoms with van der Waals surface area (Å²) < 4.78 is 21.7. The van der Waals surface area contributed by atoms with Crippen LogP contribution in [0.1, 0.15) is 21.0 Å². The van der Waals surface area contributed by atoms with Crippen LogP contribution in [0.4, 0.5) is 0 Å². The minimum atomic E-state index is -2.66. The lowest BCUT2D eigenvalue weighted by molar-refractivity contribution is 0.0938. The van der Waals surface area contributed by atoms with E-state index >= 15 is 0 Å². The predicted octanol–water partition coefficient (Wildman–Crippen LogP) is 2.95. The van der Waals surface area contributed by atoms with Crippen LogP contribution in [0.15, 0.2) is 36.7 Å². The van der Waals surface area contributed by atoms with E-state index in [1.54, 1.807) is 10.7 Å². The summed E-state index contributed by atoms with van der Waals surface area (Å²) in [5, 5.41) is 7.25. The molecule has 0 bridgehead atoms. The Morgan fingerprint density at radius 1 is 1.41 bits per heavy atom. The third-order valence-electron chi connectivity index (χ3n) is 4.92. The summed E-state index contributed by atoms with van der Waals surface area (Å²) in [5.74, 6) is 0.186. The minimum Gasteiger partial charge on any atom is -0.345 e. The number of pyridine rings is 1. The first-order chi connectivity index (χ1) is 12.8. The quantitative estimate of drug-likeness (QED) is 0.534. The van der Waals surface area contributed by atoms with E-state index in [4.69, 9.17) is 5.73 Å². The number of rotatable bonds is 3. The fraction of sp³-hybridized carbons (Fsp3) is 0.333. The minimum absolute atomic E-state index is 0.116. The first-order valence-electron chi connectivity index (χ1n) is 8.67. The van der Waals surface area contributed by atoms with Gasteiger partial charge in [-0.1, -0.05) is 6.07 Å². The topological polar surface area (TPSA) is 113 Å². The van der Waals surface area contributed by atoms with Gasteiger partial charge >= 0.3 is 0 Å². The predicted molar refractivity (Wildman–Crippen MR) is 110 cm³/mol. The van der Waals surface area contributed by atoms with Crippen LogP contribution in [0.2, 0.25) is 0 Å². The Hall–Kier alpha value is -1.91. The smallest absolute Gasteiger partial charge is 0.261 e. The van der Waals surface area contributed by atoms with Gasteiger partial charge in [-0.25, -0.2) is 4.52 Å². The lowest BCUT2D eigenvalue weighted by Crippen LogP contribution is -2.53.